The summed E-state index contributed by atoms with van der Waals surface area (Å²) in [4.78, 5) is 2.48. The van der Waals surface area contributed by atoms with E-state index in [0.29, 0.717) is 5.75 Å². The molecule has 0 amide bonds. The first-order chi connectivity index (χ1) is 18.0. The fourth-order valence-electron chi connectivity index (χ4n) is 4.86. The van der Waals surface area contributed by atoms with Gasteiger partial charge in [0.2, 0.25) is 0 Å². The fraction of sp³-hybridized carbons (Fsp3) is 0.667. The van der Waals surface area contributed by atoms with E-state index in [1.54, 1.807) is 0 Å². The monoisotopic (exact) mass is 586 g/mol. The summed E-state index contributed by atoms with van der Waals surface area (Å²) in [6.45, 7) is 34.4. The smallest absolute Gasteiger partial charge is 0.126 e. The van der Waals surface area contributed by atoms with E-state index in [1.807, 2.05) is 23.5 Å². The molecule has 0 radical (unpaired) electrons. The molecule has 0 aliphatic rings. The number of ether oxygens (including phenoxy) is 1. The van der Waals surface area contributed by atoms with E-state index in [1.165, 1.54) is 33.8 Å². The van der Waals surface area contributed by atoms with Crippen molar-refractivity contribution in [1.29, 1.82) is 0 Å². The standard InChI is InChI=1S/C36H58O2S2/c1-16-17-18-19-38-31-28(34(8,9)10)22-25(23-29(31)35(11,12)13)40-36(14,15)39-24-20-26(32(2,3)4)30(37)27(21-24)33(5,6)7/h20-23,37H,16-19H2,1-15H3. The van der Waals surface area contributed by atoms with Gasteiger partial charge in [0.05, 0.1) is 10.7 Å². The van der Waals surface area contributed by atoms with E-state index < -0.39 is 0 Å². The minimum atomic E-state index is -0.145. The summed E-state index contributed by atoms with van der Waals surface area (Å²) < 4.78 is 6.44. The van der Waals surface area contributed by atoms with Crippen LogP contribution in [0.25, 0.3) is 0 Å². The highest BCUT2D eigenvalue weighted by Gasteiger charge is 2.32. The van der Waals surface area contributed by atoms with Gasteiger partial charge in [0.25, 0.3) is 0 Å². The Hall–Kier alpha value is -1.26. The van der Waals surface area contributed by atoms with Crippen LogP contribution in [0.3, 0.4) is 0 Å². The molecule has 0 saturated heterocycles. The molecule has 2 aromatic rings. The van der Waals surface area contributed by atoms with Crippen molar-refractivity contribution in [2.45, 2.75) is 159 Å². The predicted octanol–water partition coefficient (Wildman–Crippen LogP) is 11.8. The van der Waals surface area contributed by atoms with Crippen molar-refractivity contribution in [3.05, 3.63) is 46.5 Å². The van der Waals surface area contributed by atoms with Crippen molar-refractivity contribution >= 4 is 23.5 Å². The van der Waals surface area contributed by atoms with Gasteiger partial charge in [-0.3, -0.25) is 0 Å². The highest BCUT2D eigenvalue weighted by molar-refractivity contribution is 8.18. The lowest BCUT2D eigenvalue weighted by Gasteiger charge is -2.32. The van der Waals surface area contributed by atoms with E-state index >= 15 is 0 Å². The molecular weight excluding hydrogens is 529 g/mol. The first kappa shape index (κ1) is 34.9. The Labute approximate surface area is 255 Å². The molecule has 0 saturated carbocycles. The molecule has 1 N–H and O–H groups in total. The number of benzene rings is 2. The van der Waals surface area contributed by atoms with Crippen LogP contribution in [-0.4, -0.2) is 15.8 Å². The van der Waals surface area contributed by atoms with Gasteiger partial charge in [-0.2, -0.15) is 0 Å². The molecule has 0 aromatic heterocycles. The normalized spacial score (nSPS) is 13.6. The molecule has 0 fully saturated rings. The third-order valence-corrected chi connectivity index (χ3v) is 9.53. The van der Waals surface area contributed by atoms with Gasteiger partial charge < -0.3 is 9.84 Å². The van der Waals surface area contributed by atoms with Crippen molar-refractivity contribution in [3.8, 4) is 11.5 Å². The minimum absolute atomic E-state index is 0.0336. The molecule has 2 nitrogen and oxygen atoms in total. The molecule has 0 aliphatic heterocycles. The maximum atomic E-state index is 11.2. The molecule has 0 aliphatic carbocycles. The van der Waals surface area contributed by atoms with Gasteiger partial charge in [-0.15, -0.1) is 23.5 Å². The summed E-state index contributed by atoms with van der Waals surface area (Å²) >= 11 is 3.80. The fourth-order valence-corrected chi connectivity index (χ4v) is 7.44. The summed E-state index contributed by atoms with van der Waals surface area (Å²) in [5.41, 5.74) is 4.24. The minimum Gasteiger partial charge on any atom is -0.507 e. The quantitative estimate of drug-likeness (QED) is 0.180. The van der Waals surface area contributed by atoms with Crippen LogP contribution < -0.4 is 4.74 Å². The van der Waals surface area contributed by atoms with Crippen molar-refractivity contribution in [3.63, 3.8) is 0 Å². The Morgan fingerprint density at radius 2 is 0.925 bits per heavy atom. The maximum Gasteiger partial charge on any atom is 0.126 e. The molecule has 4 heteroatoms. The van der Waals surface area contributed by atoms with Gasteiger partial charge in [-0.25, -0.2) is 0 Å². The van der Waals surface area contributed by atoms with Crippen molar-refractivity contribution in [1.82, 2.24) is 0 Å². The number of unbranched alkanes of at least 4 members (excludes halogenated alkanes) is 2. The molecule has 40 heavy (non-hydrogen) atoms. The lowest BCUT2D eigenvalue weighted by atomic mass is 9.79. The number of thioether (sulfide) groups is 2. The summed E-state index contributed by atoms with van der Waals surface area (Å²) in [5.74, 6) is 1.52. The molecule has 0 atom stereocenters. The average molecular weight is 587 g/mol. The average Bonchev–Trinajstić information content (AvgIpc) is 2.74. The van der Waals surface area contributed by atoms with Crippen LogP contribution in [0.1, 0.15) is 145 Å². The van der Waals surface area contributed by atoms with Crippen molar-refractivity contribution in [2.24, 2.45) is 0 Å². The van der Waals surface area contributed by atoms with Gasteiger partial charge >= 0.3 is 0 Å². The van der Waals surface area contributed by atoms with E-state index in [4.69, 9.17) is 4.74 Å². The second-order valence-corrected chi connectivity index (χ2v) is 19.5. The van der Waals surface area contributed by atoms with Gasteiger partial charge in [0, 0.05) is 32.0 Å². The molecule has 226 valence electrons. The van der Waals surface area contributed by atoms with Gasteiger partial charge in [0.15, 0.2) is 0 Å². The number of rotatable bonds is 9. The van der Waals surface area contributed by atoms with Gasteiger partial charge in [0.1, 0.15) is 11.5 Å². The first-order valence-electron chi connectivity index (χ1n) is 15.0. The highest BCUT2D eigenvalue weighted by Crippen LogP contribution is 2.51. The molecule has 0 unspecified atom stereocenters. The Morgan fingerprint density at radius 1 is 0.575 bits per heavy atom. The summed E-state index contributed by atoms with van der Waals surface area (Å²) in [6, 6.07) is 9.14. The topological polar surface area (TPSA) is 29.5 Å². The zero-order valence-corrected chi connectivity index (χ0v) is 29.9. The molecule has 0 bridgehead atoms. The van der Waals surface area contributed by atoms with Crippen molar-refractivity contribution in [2.75, 3.05) is 6.61 Å². The van der Waals surface area contributed by atoms with Crippen LogP contribution in [-0.2, 0) is 21.7 Å². The van der Waals surface area contributed by atoms with Crippen LogP contribution in [0.15, 0.2) is 34.1 Å². The van der Waals surface area contributed by atoms with Crippen LogP contribution in [0.4, 0.5) is 0 Å². The van der Waals surface area contributed by atoms with Gasteiger partial charge in [-0.05, 0) is 66.2 Å². The Bertz CT molecular complexity index is 1080. The third-order valence-electron chi connectivity index (χ3n) is 7.10. The lowest BCUT2D eigenvalue weighted by Crippen LogP contribution is -2.21. The number of aromatic hydroxyl groups is 1. The van der Waals surface area contributed by atoms with E-state index in [0.717, 1.165) is 29.9 Å². The van der Waals surface area contributed by atoms with Crippen LogP contribution in [0.2, 0.25) is 0 Å². The Balaban J connectivity index is 2.57. The maximum absolute atomic E-state index is 11.2. The van der Waals surface area contributed by atoms with Crippen LogP contribution in [0, 0.1) is 0 Å². The van der Waals surface area contributed by atoms with Crippen LogP contribution >= 0.6 is 23.5 Å². The summed E-state index contributed by atoms with van der Waals surface area (Å²) in [6.07, 6.45) is 3.48. The number of hydrogen-bond acceptors (Lipinski definition) is 4. The molecular formula is C36H58O2S2. The zero-order valence-electron chi connectivity index (χ0n) is 28.3. The zero-order chi connectivity index (χ0) is 30.9. The van der Waals surface area contributed by atoms with Crippen LogP contribution in [0.5, 0.6) is 11.5 Å². The summed E-state index contributed by atoms with van der Waals surface area (Å²) in [7, 11) is 0. The third kappa shape index (κ3) is 9.38. The summed E-state index contributed by atoms with van der Waals surface area (Å²) in [5, 5.41) is 11.2. The molecule has 2 aromatic carbocycles. The predicted molar refractivity (Wildman–Crippen MR) is 180 cm³/mol. The first-order valence-corrected chi connectivity index (χ1v) is 16.7. The molecule has 2 rings (SSSR count). The number of phenols is 1. The molecule has 0 heterocycles. The van der Waals surface area contributed by atoms with Gasteiger partial charge in [-0.1, -0.05) is 103 Å². The second kappa shape index (κ2) is 12.5. The van der Waals surface area contributed by atoms with E-state index in [-0.39, 0.29) is 25.7 Å². The number of hydrogen-bond donors (Lipinski definition) is 1. The second-order valence-electron chi connectivity index (χ2n) is 15.9. The Morgan fingerprint density at radius 3 is 1.25 bits per heavy atom. The van der Waals surface area contributed by atoms with Crippen molar-refractivity contribution < 1.29 is 9.84 Å². The van der Waals surface area contributed by atoms with E-state index in [9.17, 15) is 5.11 Å². The molecule has 0 spiro atoms. The largest absolute Gasteiger partial charge is 0.507 e. The lowest BCUT2D eigenvalue weighted by molar-refractivity contribution is 0.290. The number of phenolic OH excluding ortho intramolecular Hbond substituents is 1. The SMILES string of the molecule is CCCCCOc1c(C(C)(C)C)cc(SC(C)(C)Sc2cc(C(C)(C)C)c(O)c(C(C)(C)C)c2)cc1C(C)(C)C. The Kier molecular flexibility index (Phi) is 11.0. The highest BCUT2D eigenvalue weighted by atomic mass is 32.2. The van der Waals surface area contributed by atoms with E-state index in [2.05, 4.69) is 128 Å².